The number of unbranched alkanes of at least 4 members (excludes halogenated alkanes) is 8. The molecule has 0 aromatic rings. The highest BCUT2D eigenvalue weighted by atomic mass is 14.3. The Kier molecular flexibility index (Phi) is 16.7. The molecule has 0 bridgehead atoms. The quantitative estimate of drug-likeness (QED) is 0.296. The molecule has 1 aliphatic carbocycles. The average Bonchev–Trinajstić information content (AvgIpc) is 2.67. The lowest BCUT2D eigenvalue weighted by molar-refractivity contribution is 0.184. The minimum absolute atomic E-state index is 0.961. The van der Waals surface area contributed by atoms with Crippen molar-refractivity contribution >= 4 is 0 Å². The molecule has 0 spiro atoms. The van der Waals surface area contributed by atoms with E-state index in [0.717, 1.165) is 17.8 Å². The van der Waals surface area contributed by atoms with Gasteiger partial charge in [-0.15, -0.1) is 0 Å². The summed E-state index contributed by atoms with van der Waals surface area (Å²) in [5, 5.41) is 0. The summed E-state index contributed by atoms with van der Waals surface area (Å²) in [6.07, 6.45) is 31.1. The summed E-state index contributed by atoms with van der Waals surface area (Å²) in [5.41, 5.74) is 0. The van der Waals surface area contributed by atoms with E-state index < -0.39 is 0 Å². The molecule has 162 valence electrons. The zero-order chi connectivity index (χ0) is 19.6. The average molecular weight is 379 g/mol. The Balaban J connectivity index is 2.26. The first-order valence-corrected chi connectivity index (χ1v) is 13.3. The van der Waals surface area contributed by atoms with Crippen LogP contribution in [-0.4, -0.2) is 0 Å². The fourth-order valence-corrected chi connectivity index (χ4v) is 5.54. The fraction of sp³-hybridized carbons (Fsp3) is 1.00. The van der Waals surface area contributed by atoms with E-state index in [9.17, 15) is 0 Å². The number of rotatable bonds is 12. The minimum atomic E-state index is 0.961. The Morgan fingerprint density at radius 3 is 1.63 bits per heavy atom. The first-order valence-electron chi connectivity index (χ1n) is 13.3. The van der Waals surface area contributed by atoms with Crippen LogP contribution in [0.2, 0.25) is 0 Å². The molecule has 3 unspecified atom stereocenters. The van der Waals surface area contributed by atoms with Gasteiger partial charge in [0.2, 0.25) is 0 Å². The number of hydrogen-bond acceptors (Lipinski definition) is 0. The zero-order valence-electron chi connectivity index (χ0n) is 19.6. The van der Waals surface area contributed by atoms with Gasteiger partial charge < -0.3 is 0 Å². The molecule has 1 saturated carbocycles. The van der Waals surface area contributed by atoms with E-state index in [0.29, 0.717) is 0 Å². The van der Waals surface area contributed by atoms with E-state index in [-0.39, 0.29) is 0 Å². The van der Waals surface area contributed by atoms with Crippen molar-refractivity contribution in [3.8, 4) is 0 Å². The van der Waals surface area contributed by atoms with Crippen LogP contribution in [0.1, 0.15) is 156 Å². The molecule has 1 aliphatic rings. The second-order valence-corrected chi connectivity index (χ2v) is 9.83. The Bertz CT molecular complexity index is 294. The van der Waals surface area contributed by atoms with Gasteiger partial charge in [0.15, 0.2) is 0 Å². The molecule has 0 aromatic carbocycles. The van der Waals surface area contributed by atoms with Crippen molar-refractivity contribution in [1.82, 2.24) is 0 Å². The molecule has 0 aromatic heterocycles. The Morgan fingerprint density at radius 2 is 1.07 bits per heavy atom. The lowest BCUT2D eigenvalue weighted by atomic mass is 9.73. The number of hydrogen-bond donors (Lipinski definition) is 0. The molecule has 0 heterocycles. The maximum absolute atomic E-state index is 2.60. The highest BCUT2D eigenvalue weighted by Crippen LogP contribution is 2.36. The molecule has 1 fully saturated rings. The topological polar surface area (TPSA) is 0 Å². The van der Waals surface area contributed by atoms with E-state index in [1.165, 1.54) is 135 Å². The maximum Gasteiger partial charge on any atom is -0.0360 e. The van der Waals surface area contributed by atoms with Gasteiger partial charge >= 0.3 is 0 Å². The molecule has 0 radical (unpaired) electrons. The van der Waals surface area contributed by atoms with Crippen molar-refractivity contribution in [3.63, 3.8) is 0 Å². The molecule has 0 heteroatoms. The van der Waals surface area contributed by atoms with Crippen LogP contribution in [0.25, 0.3) is 0 Å². The van der Waals surface area contributed by atoms with E-state index >= 15 is 0 Å². The van der Waals surface area contributed by atoms with Gasteiger partial charge in [0.05, 0.1) is 0 Å². The van der Waals surface area contributed by atoms with Crippen molar-refractivity contribution in [2.75, 3.05) is 0 Å². The standard InChI is InChI=1S/C27H54/c1-4-6-7-8-9-10-13-16-19-22-25(3)27-24-21-18-15-12-11-14-17-20-23-26(27)5-2/h25-27H,4-24H2,1-3H3. The second-order valence-electron chi connectivity index (χ2n) is 9.83. The van der Waals surface area contributed by atoms with E-state index in [1.807, 2.05) is 0 Å². The molecule has 0 aliphatic heterocycles. The van der Waals surface area contributed by atoms with Gasteiger partial charge in [0.1, 0.15) is 0 Å². The fourth-order valence-electron chi connectivity index (χ4n) is 5.54. The lowest BCUT2D eigenvalue weighted by Gasteiger charge is -2.32. The summed E-state index contributed by atoms with van der Waals surface area (Å²) in [6, 6.07) is 0. The third-order valence-electron chi connectivity index (χ3n) is 7.49. The van der Waals surface area contributed by atoms with E-state index in [2.05, 4.69) is 20.8 Å². The van der Waals surface area contributed by atoms with Crippen LogP contribution < -0.4 is 0 Å². The predicted octanol–water partition coefficient (Wildman–Crippen LogP) is 10.1. The Labute approximate surface area is 173 Å². The summed E-state index contributed by atoms with van der Waals surface area (Å²) < 4.78 is 0. The van der Waals surface area contributed by atoms with Crippen LogP contribution in [0, 0.1) is 17.8 Å². The SMILES string of the molecule is CCCCCCCCCCCC(C)C1CCCCCCCCCCC1CC. The molecule has 0 N–H and O–H groups in total. The predicted molar refractivity (Wildman–Crippen MR) is 124 cm³/mol. The molecule has 1 rings (SSSR count). The maximum atomic E-state index is 2.60. The summed E-state index contributed by atoms with van der Waals surface area (Å²) in [7, 11) is 0. The van der Waals surface area contributed by atoms with Gasteiger partial charge in [-0.05, 0) is 24.2 Å². The molecule has 3 atom stereocenters. The first-order chi connectivity index (χ1) is 13.3. The third-order valence-corrected chi connectivity index (χ3v) is 7.49. The van der Waals surface area contributed by atoms with Crippen molar-refractivity contribution < 1.29 is 0 Å². The monoisotopic (exact) mass is 378 g/mol. The van der Waals surface area contributed by atoms with Gasteiger partial charge in [0.25, 0.3) is 0 Å². The van der Waals surface area contributed by atoms with E-state index in [1.54, 1.807) is 0 Å². The zero-order valence-corrected chi connectivity index (χ0v) is 19.6. The molecular weight excluding hydrogens is 324 g/mol. The molecule has 0 nitrogen and oxygen atoms in total. The largest absolute Gasteiger partial charge is 0.0654 e. The molecular formula is C27H54. The van der Waals surface area contributed by atoms with Crippen molar-refractivity contribution in [3.05, 3.63) is 0 Å². The molecule has 27 heavy (non-hydrogen) atoms. The van der Waals surface area contributed by atoms with Crippen LogP contribution >= 0.6 is 0 Å². The van der Waals surface area contributed by atoms with Gasteiger partial charge in [-0.2, -0.15) is 0 Å². The van der Waals surface area contributed by atoms with Gasteiger partial charge in [-0.3, -0.25) is 0 Å². The van der Waals surface area contributed by atoms with Crippen LogP contribution in [0.3, 0.4) is 0 Å². The molecule has 0 saturated heterocycles. The normalized spacial score (nSPS) is 24.1. The smallest absolute Gasteiger partial charge is 0.0360 e. The summed E-state index contributed by atoms with van der Waals surface area (Å²) in [4.78, 5) is 0. The minimum Gasteiger partial charge on any atom is -0.0654 e. The van der Waals surface area contributed by atoms with Crippen LogP contribution in [-0.2, 0) is 0 Å². The van der Waals surface area contributed by atoms with Crippen LogP contribution in [0.5, 0.6) is 0 Å². The highest BCUT2D eigenvalue weighted by molar-refractivity contribution is 4.75. The first kappa shape index (κ1) is 25.0. The van der Waals surface area contributed by atoms with Crippen molar-refractivity contribution in [1.29, 1.82) is 0 Å². The Hall–Kier alpha value is 0. The summed E-state index contributed by atoms with van der Waals surface area (Å²) in [5.74, 6) is 2.99. The lowest BCUT2D eigenvalue weighted by Crippen LogP contribution is -2.22. The second kappa shape index (κ2) is 18.1. The third kappa shape index (κ3) is 13.0. The van der Waals surface area contributed by atoms with Crippen molar-refractivity contribution in [2.24, 2.45) is 17.8 Å². The van der Waals surface area contributed by atoms with Crippen LogP contribution in [0.15, 0.2) is 0 Å². The van der Waals surface area contributed by atoms with Gasteiger partial charge in [-0.1, -0.05) is 149 Å². The highest BCUT2D eigenvalue weighted by Gasteiger charge is 2.25. The van der Waals surface area contributed by atoms with Gasteiger partial charge in [0, 0.05) is 0 Å². The molecule has 0 amide bonds. The van der Waals surface area contributed by atoms with Crippen LogP contribution in [0.4, 0.5) is 0 Å². The van der Waals surface area contributed by atoms with E-state index in [4.69, 9.17) is 0 Å². The summed E-state index contributed by atoms with van der Waals surface area (Å²) >= 11 is 0. The summed E-state index contributed by atoms with van der Waals surface area (Å²) in [6.45, 7) is 7.38. The van der Waals surface area contributed by atoms with Crippen molar-refractivity contribution in [2.45, 2.75) is 156 Å². The van der Waals surface area contributed by atoms with Gasteiger partial charge in [-0.25, -0.2) is 0 Å². The Morgan fingerprint density at radius 1 is 0.593 bits per heavy atom.